The molecule has 2 atom stereocenters. The van der Waals surface area contributed by atoms with Crippen molar-refractivity contribution in [2.45, 2.75) is 46.3 Å². The average Bonchev–Trinajstić information content (AvgIpc) is 2.58. The Kier molecular flexibility index (Phi) is 9.08. The molecule has 1 aromatic rings. The molecule has 0 aliphatic heterocycles. The Hall–Kier alpha value is -2.28. The standard InChI is InChI=1S/C19H26ClNO6/c1-11(2)17(24)26-18(12(3)4)27-19(25)21-10-14(9-16(22)23)13-5-7-15(20)8-6-13/h5-8,11-12,14,18H,9-10H2,1-4H3,(H,21,25)(H,22,23)/t14-,18+/m1/s1. The van der Waals surface area contributed by atoms with Crippen LogP contribution in [0.2, 0.25) is 5.02 Å². The normalized spacial score (nSPS) is 13.1. The van der Waals surface area contributed by atoms with Gasteiger partial charge in [-0.3, -0.25) is 9.59 Å². The minimum absolute atomic E-state index is 0.0513. The number of benzene rings is 1. The highest BCUT2D eigenvalue weighted by atomic mass is 35.5. The van der Waals surface area contributed by atoms with Crippen LogP contribution in [0.4, 0.5) is 4.79 Å². The van der Waals surface area contributed by atoms with Crippen molar-refractivity contribution < 1.29 is 29.0 Å². The molecule has 0 aliphatic rings. The molecular weight excluding hydrogens is 374 g/mol. The number of rotatable bonds is 9. The van der Waals surface area contributed by atoms with Crippen molar-refractivity contribution in [1.29, 1.82) is 0 Å². The summed E-state index contributed by atoms with van der Waals surface area (Å²) in [6, 6.07) is 6.74. The Labute approximate surface area is 164 Å². The zero-order valence-corrected chi connectivity index (χ0v) is 16.7. The highest BCUT2D eigenvalue weighted by Gasteiger charge is 2.25. The van der Waals surface area contributed by atoms with Gasteiger partial charge in [0.15, 0.2) is 0 Å². The van der Waals surface area contributed by atoms with E-state index >= 15 is 0 Å². The molecule has 0 unspecified atom stereocenters. The van der Waals surface area contributed by atoms with Crippen molar-refractivity contribution in [3.63, 3.8) is 0 Å². The van der Waals surface area contributed by atoms with Crippen LogP contribution < -0.4 is 5.32 Å². The van der Waals surface area contributed by atoms with E-state index < -0.39 is 30.2 Å². The van der Waals surface area contributed by atoms with Crippen molar-refractivity contribution in [3.05, 3.63) is 34.9 Å². The predicted octanol–water partition coefficient (Wildman–Crippen LogP) is 3.81. The summed E-state index contributed by atoms with van der Waals surface area (Å²) < 4.78 is 10.4. The second-order valence-electron chi connectivity index (χ2n) is 6.84. The van der Waals surface area contributed by atoms with Crippen molar-refractivity contribution in [2.24, 2.45) is 11.8 Å². The van der Waals surface area contributed by atoms with Gasteiger partial charge in [-0.05, 0) is 17.7 Å². The number of hydrogen-bond donors (Lipinski definition) is 2. The average molecular weight is 400 g/mol. The number of nitrogens with one attached hydrogen (secondary N) is 1. The van der Waals surface area contributed by atoms with Crippen LogP contribution in [0.1, 0.15) is 45.6 Å². The lowest BCUT2D eigenvalue weighted by Gasteiger charge is -2.23. The number of halogens is 1. The number of aliphatic carboxylic acids is 1. The van der Waals surface area contributed by atoms with E-state index in [2.05, 4.69) is 5.32 Å². The Morgan fingerprint density at radius 3 is 2.15 bits per heavy atom. The summed E-state index contributed by atoms with van der Waals surface area (Å²) >= 11 is 5.85. The largest absolute Gasteiger partial charge is 0.481 e. The van der Waals surface area contributed by atoms with Gasteiger partial charge in [0.05, 0.1) is 12.3 Å². The summed E-state index contributed by atoms with van der Waals surface area (Å²) in [5, 5.41) is 12.2. The third kappa shape index (κ3) is 8.30. The molecule has 0 saturated heterocycles. The molecule has 27 heavy (non-hydrogen) atoms. The molecule has 0 bridgehead atoms. The zero-order chi connectivity index (χ0) is 20.6. The first kappa shape index (κ1) is 22.8. The summed E-state index contributed by atoms with van der Waals surface area (Å²) in [6.07, 6.45) is -1.97. The van der Waals surface area contributed by atoms with E-state index in [1.54, 1.807) is 52.0 Å². The van der Waals surface area contributed by atoms with E-state index in [1.165, 1.54) is 0 Å². The lowest BCUT2D eigenvalue weighted by atomic mass is 9.96. The summed E-state index contributed by atoms with van der Waals surface area (Å²) in [6.45, 7) is 6.93. The van der Waals surface area contributed by atoms with Crippen LogP contribution in [0, 0.1) is 11.8 Å². The molecule has 0 spiro atoms. The molecule has 0 aromatic heterocycles. The minimum Gasteiger partial charge on any atom is -0.481 e. The number of carbonyl (C=O) groups is 3. The second-order valence-corrected chi connectivity index (χ2v) is 7.27. The molecule has 2 N–H and O–H groups in total. The number of ether oxygens (including phenoxy) is 2. The summed E-state index contributed by atoms with van der Waals surface area (Å²) in [4.78, 5) is 34.9. The van der Waals surface area contributed by atoms with Gasteiger partial charge in [-0.15, -0.1) is 0 Å². The smallest absolute Gasteiger partial charge is 0.410 e. The van der Waals surface area contributed by atoms with Crippen molar-refractivity contribution in [3.8, 4) is 0 Å². The Bertz CT molecular complexity index is 644. The molecule has 0 radical (unpaired) electrons. The second kappa shape index (κ2) is 10.8. The zero-order valence-electron chi connectivity index (χ0n) is 15.9. The quantitative estimate of drug-likeness (QED) is 0.483. The molecule has 0 aliphatic carbocycles. The number of esters is 1. The van der Waals surface area contributed by atoms with Crippen LogP contribution in [0.25, 0.3) is 0 Å². The molecule has 7 nitrogen and oxygen atoms in total. The van der Waals surface area contributed by atoms with Crippen LogP contribution in [-0.4, -0.2) is 36.0 Å². The van der Waals surface area contributed by atoms with Gasteiger partial charge < -0.3 is 19.9 Å². The number of alkyl carbamates (subject to hydrolysis) is 1. The molecule has 1 amide bonds. The molecule has 0 fully saturated rings. The lowest BCUT2D eigenvalue weighted by molar-refractivity contribution is -0.178. The fourth-order valence-electron chi connectivity index (χ4n) is 2.15. The van der Waals surface area contributed by atoms with E-state index in [1.807, 2.05) is 0 Å². The monoisotopic (exact) mass is 399 g/mol. The number of amides is 1. The number of carboxylic acid groups (broad SMARTS) is 1. The molecule has 150 valence electrons. The van der Waals surface area contributed by atoms with E-state index in [-0.39, 0.29) is 24.8 Å². The van der Waals surface area contributed by atoms with Gasteiger partial charge in [0.25, 0.3) is 6.29 Å². The number of carbonyl (C=O) groups excluding carboxylic acids is 2. The lowest BCUT2D eigenvalue weighted by Crippen LogP contribution is -2.37. The molecule has 8 heteroatoms. The van der Waals surface area contributed by atoms with Crippen LogP contribution >= 0.6 is 11.6 Å². The third-order valence-electron chi connectivity index (χ3n) is 3.73. The highest BCUT2D eigenvalue weighted by Crippen LogP contribution is 2.21. The first-order valence-electron chi connectivity index (χ1n) is 8.72. The van der Waals surface area contributed by atoms with E-state index in [4.69, 9.17) is 26.2 Å². The maximum Gasteiger partial charge on any atom is 0.410 e. The van der Waals surface area contributed by atoms with Gasteiger partial charge in [0, 0.05) is 23.4 Å². The van der Waals surface area contributed by atoms with Crippen molar-refractivity contribution in [1.82, 2.24) is 5.32 Å². The van der Waals surface area contributed by atoms with Crippen molar-refractivity contribution >= 4 is 29.6 Å². The molecule has 1 rings (SSSR count). The maximum atomic E-state index is 12.1. The minimum atomic E-state index is -1.02. The Morgan fingerprint density at radius 2 is 1.67 bits per heavy atom. The van der Waals surface area contributed by atoms with E-state index in [9.17, 15) is 14.4 Å². The first-order valence-corrected chi connectivity index (χ1v) is 9.10. The van der Waals surface area contributed by atoms with E-state index in [0.29, 0.717) is 5.02 Å². The number of hydrogen-bond acceptors (Lipinski definition) is 5. The third-order valence-corrected chi connectivity index (χ3v) is 3.98. The van der Waals surface area contributed by atoms with E-state index in [0.717, 1.165) is 5.56 Å². The van der Waals surface area contributed by atoms with Gasteiger partial charge in [-0.25, -0.2) is 4.79 Å². The first-order chi connectivity index (χ1) is 12.6. The molecule has 0 saturated carbocycles. The fraction of sp³-hybridized carbons (Fsp3) is 0.526. The van der Waals surface area contributed by atoms with Crippen LogP contribution in [-0.2, 0) is 19.1 Å². The van der Waals surface area contributed by atoms with Gasteiger partial charge in [0.2, 0.25) is 0 Å². The predicted molar refractivity (Wildman–Crippen MR) is 100 cm³/mol. The molecule has 1 aromatic carbocycles. The van der Waals surface area contributed by atoms with Gasteiger partial charge in [-0.1, -0.05) is 51.4 Å². The van der Waals surface area contributed by atoms with Crippen molar-refractivity contribution in [2.75, 3.05) is 6.54 Å². The molecule has 0 heterocycles. The summed E-state index contributed by atoms with van der Waals surface area (Å²) in [7, 11) is 0. The molecular formula is C19H26ClNO6. The topological polar surface area (TPSA) is 102 Å². The summed E-state index contributed by atoms with van der Waals surface area (Å²) in [5.41, 5.74) is 0.730. The van der Waals surface area contributed by atoms with Crippen LogP contribution in [0.5, 0.6) is 0 Å². The highest BCUT2D eigenvalue weighted by molar-refractivity contribution is 6.30. The van der Waals surface area contributed by atoms with Crippen LogP contribution in [0.15, 0.2) is 24.3 Å². The fourth-order valence-corrected chi connectivity index (χ4v) is 2.28. The summed E-state index contributed by atoms with van der Waals surface area (Å²) in [5.74, 6) is -2.49. The van der Waals surface area contributed by atoms with Crippen LogP contribution in [0.3, 0.4) is 0 Å². The Balaban J connectivity index is 2.70. The van der Waals surface area contributed by atoms with Gasteiger partial charge in [0.1, 0.15) is 0 Å². The maximum absolute atomic E-state index is 12.1. The van der Waals surface area contributed by atoms with Gasteiger partial charge in [-0.2, -0.15) is 0 Å². The SMILES string of the molecule is CC(C)C(=O)O[C@@H](OC(=O)NC[C@@H](CC(=O)O)c1ccc(Cl)cc1)C(C)C. The van der Waals surface area contributed by atoms with Gasteiger partial charge >= 0.3 is 18.0 Å². The Morgan fingerprint density at radius 1 is 1.07 bits per heavy atom. The number of carboxylic acids is 1.